The van der Waals surface area contributed by atoms with E-state index in [0.717, 1.165) is 46.4 Å². The molecule has 0 unspecified atom stereocenters. The van der Waals surface area contributed by atoms with Gasteiger partial charge in [-0.2, -0.15) is 0 Å². The first-order valence-corrected chi connectivity index (χ1v) is 16.3. The summed E-state index contributed by atoms with van der Waals surface area (Å²) in [5, 5.41) is 8.86. The fraction of sp³-hybridized carbons (Fsp3) is 0.0698. The lowest BCUT2D eigenvalue weighted by Crippen LogP contribution is -2.24. The Morgan fingerprint density at radius 2 is 1.26 bits per heavy atom. The molecule has 1 aliphatic carbocycles. The highest BCUT2D eigenvalue weighted by Crippen LogP contribution is 2.43. The Hall–Kier alpha value is -6.00. The number of aromatic nitrogens is 4. The molecular weight excluding hydrogens is 573 g/mol. The summed E-state index contributed by atoms with van der Waals surface area (Å²) < 4.78 is 2.48. The van der Waals surface area contributed by atoms with Gasteiger partial charge in [-0.15, -0.1) is 0 Å². The summed E-state index contributed by atoms with van der Waals surface area (Å²) in [6, 6.07) is 43.1. The Bertz CT molecular complexity index is 2860. The second kappa shape index (κ2) is 10.0. The van der Waals surface area contributed by atoms with Gasteiger partial charge in [0.2, 0.25) is 0 Å². The van der Waals surface area contributed by atoms with Crippen LogP contribution in [0.5, 0.6) is 0 Å². The van der Waals surface area contributed by atoms with Gasteiger partial charge in [0.15, 0.2) is 0 Å². The maximum Gasteiger partial charge on any atom is 0.0973 e. The number of rotatable bonds is 3. The zero-order chi connectivity index (χ0) is 31.1. The van der Waals surface area contributed by atoms with Crippen LogP contribution in [0, 0.1) is 6.92 Å². The van der Waals surface area contributed by atoms with E-state index in [1.54, 1.807) is 0 Å². The normalized spacial score (nSPS) is 13.0. The van der Waals surface area contributed by atoms with E-state index in [1.165, 1.54) is 65.3 Å². The first kappa shape index (κ1) is 26.2. The summed E-state index contributed by atoms with van der Waals surface area (Å²) in [5.41, 5.74) is 11.7. The maximum atomic E-state index is 5.26. The third-order valence-corrected chi connectivity index (χ3v) is 9.85. The first-order chi connectivity index (χ1) is 23.2. The molecule has 1 aliphatic rings. The lowest BCUT2D eigenvalue weighted by atomic mass is 9.97. The van der Waals surface area contributed by atoms with Crippen LogP contribution in [0.1, 0.15) is 18.4 Å². The van der Waals surface area contributed by atoms with Crippen molar-refractivity contribution < 1.29 is 0 Å². The van der Waals surface area contributed by atoms with Crippen molar-refractivity contribution in [1.82, 2.24) is 19.5 Å². The number of hydrogen-bond acceptors (Lipinski definition) is 2. The van der Waals surface area contributed by atoms with Gasteiger partial charge in [-0.1, -0.05) is 103 Å². The molecule has 0 radical (unpaired) electrons. The van der Waals surface area contributed by atoms with Crippen LogP contribution in [0.25, 0.3) is 94.9 Å². The summed E-state index contributed by atoms with van der Waals surface area (Å²) in [5.74, 6) is 0. The molecule has 1 N–H and O–H groups in total. The molecule has 3 heterocycles. The molecule has 0 spiro atoms. The number of nitrogens with zero attached hydrogens (tertiary/aromatic N) is 3. The summed E-state index contributed by atoms with van der Waals surface area (Å²) >= 11 is 0. The van der Waals surface area contributed by atoms with Gasteiger partial charge >= 0.3 is 0 Å². The van der Waals surface area contributed by atoms with Crippen LogP contribution in [0.4, 0.5) is 0 Å². The van der Waals surface area contributed by atoms with Crippen molar-refractivity contribution in [3.05, 3.63) is 137 Å². The molecular formula is C43H30N4. The van der Waals surface area contributed by atoms with Gasteiger partial charge in [-0.3, -0.25) is 0 Å². The number of nitrogens with one attached hydrogen (secondary N) is 1. The Morgan fingerprint density at radius 1 is 0.596 bits per heavy atom. The van der Waals surface area contributed by atoms with Crippen LogP contribution in [-0.4, -0.2) is 19.5 Å². The van der Waals surface area contributed by atoms with Gasteiger partial charge in [0, 0.05) is 43.5 Å². The average molecular weight is 603 g/mol. The molecule has 0 saturated heterocycles. The molecule has 4 heteroatoms. The van der Waals surface area contributed by atoms with E-state index < -0.39 is 0 Å². The number of fused-ring (bicyclic) bond motifs is 11. The number of hydrogen-bond donors (Lipinski definition) is 1. The number of aryl methyl sites for hydroxylation is 1. The fourth-order valence-electron chi connectivity index (χ4n) is 7.75. The zero-order valence-electron chi connectivity index (χ0n) is 26.0. The van der Waals surface area contributed by atoms with Crippen molar-refractivity contribution in [2.24, 2.45) is 0 Å². The quantitative estimate of drug-likeness (QED) is 0.219. The Labute approximate surface area is 271 Å². The second-order valence-corrected chi connectivity index (χ2v) is 12.6. The van der Waals surface area contributed by atoms with Crippen molar-refractivity contribution in [3.63, 3.8) is 0 Å². The maximum absolute atomic E-state index is 5.26. The van der Waals surface area contributed by atoms with Crippen LogP contribution in [0.15, 0.2) is 121 Å². The molecule has 0 fully saturated rings. The number of para-hydroxylation sites is 3. The smallest absolute Gasteiger partial charge is 0.0973 e. The van der Waals surface area contributed by atoms with Crippen LogP contribution in [0.2, 0.25) is 0 Å². The third-order valence-electron chi connectivity index (χ3n) is 9.85. The van der Waals surface area contributed by atoms with Gasteiger partial charge in [0.05, 0.1) is 39.0 Å². The summed E-state index contributed by atoms with van der Waals surface area (Å²) in [4.78, 5) is 14.3. The number of H-pyrrole nitrogens is 1. The predicted octanol–water partition coefficient (Wildman–Crippen LogP) is 9.36. The van der Waals surface area contributed by atoms with Crippen molar-refractivity contribution in [2.45, 2.75) is 19.8 Å². The minimum Gasteiger partial charge on any atom is -0.353 e. The predicted molar refractivity (Wildman–Crippen MR) is 196 cm³/mol. The van der Waals surface area contributed by atoms with Crippen molar-refractivity contribution >= 4 is 66.7 Å². The van der Waals surface area contributed by atoms with E-state index >= 15 is 0 Å². The summed E-state index contributed by atoms with van der Waals surface area (Å²) in [6.45, 7) is 2.21. The topological polar surface area (TPSA) is 46.5 Å². The van der Waals surface area contributed by atoms with E-state index in [9.17, 15) is 0 Å². The number of benzene rings is 6. The lowest BCUT2D eigenvalue weighted by Gasteiger charge is -2.13. The standard InChI is InChI=1S/C43H30N4/c1-26-13-5-12-22-36(26)47-37-24-23-28(41-40(27-14-3-2-4-15-27)45-34-20-10-11-21-35(34)46-41)25-32(37)39-30-17-7-6-16-29(30)38-31-18-8-9-19-33(31)44-42(38)43(39)47/h2-7,10-25,44H,8-9H2,1H3. The van der Waals surface area contributed by atoms with E-state index in [1.807, 2.05) is 24.3 Å². The summed E-state index contributed by atoms with van der Waals surface area (Å²) in [6.07, 6.45) is 6.89. The minimum absolute atomic E-state index is 0.888. The Balaban J connectivity index is 1.40. The molecule has 0 amide bonds. The highest BCUT2D eigenvalue weighted by molar-refractivity contribution is 6.32. The van der Waals surface area contributed by atoms with Crippen molar-refractivity contribution in [3.8, 4) is 28.2 Å². The Morgan fingerprint density at radius 3 is 2.04 bits per heavy atom. The van der Waals surface area contributed by atoms with Crippen LogP contribution in [0.3, 0.4) is 0 Å². The zero-order valence-corrected chi connectivity index (χ0v) is 26.0. The number of aromatic amines is 1. The van der Waals surface area contributed by atoms with Crippen LogP contribution in [-0.2, 0) is 0 Å². The van der Waals surface area contributed by atoms with Gasteiger partial charge in [-0.05, 0) is 66.4 Å². The van der Waals surface area contributed by atoms with E-state index in [4.69, 9.17) is 9.97 Å². The molecule has 10 rings (SSSR count). The molecule has 9 aromatic rings. The molecule has 0 bridgehead atoms. The highest BCUT2D eigenvalue weighted by atomic mass is 15.0. The monoisotopic (exact) mass is 602 g/mol. The highest BCUT2D eigenvalue weighted by Gasteiger charge is 2.23. The van der Waals surface area contributed by atoms with E-state index in [2.05, 4.69) is 126 Å². The lowest BCUT2D eigenvalue weighted by molar-refractivity contribution is 1.10. The molecule has 0 atom stereocenters. The molecule has 47 heavy (non-hydrogen) atoms. The molecule has 4 nitrogen and oxygen atoms in total. The summed E-state index contributed by atoms with van der Waals surface area (Å²) in [7, 11) is 0. The van der Waals surface area contributed by atoms with E-state index in [-0.39, 0.29) is 0 Å². The first-order valence-electron chi connectivity index (χ1n) is 16.3. The molecule has 0 aliphatic heterocycles. The van der Waals surface area contributed by atoms with Crippen molar-refractivity contribution in [2.75, 3.05) is 0 Å². The fourth-order valence-corrected chi connectivity index (χ4v) is 7.75. The van der Waals surface area contributed by atoms with Gasteiger partial charge in [0.1, 0.15) is 0 Å². The van der Waals surface area contributed by atoms with E-state index in [0.29, 0.717) is 0 Å². The van der Waals surface area contributed by atoms with Crippen LogP contribution >= 0.6 is 0 Å². The average Bonchev–Trinajstić information content (AvgIpc) is 3.68. The molecule has 222 valence electrons. The van der Waals surface area contributed by atoms with Crippen LogP contribution < -0.4 is 10.6 Å². The third kappa shape index (κ3) is 3.82. The van der Waals surface area contributed by atoms with Crippen molar-refractivity contribution in [1.29, 1.82) is 0 Å². The second-order valence-electron chi connectivity index (χ2n) is 12.6. The van der Waals surface area contributed by atoms with Gasteiger partial charge < -0.3 is 9.55 Å². The Kier molecular flexibility index (Phi) is 5.58. The molecule has 6 aromatic carbocycles. The molecule has 0 saturated carbocycles. The SMILES string of the molecule is Cc1ccccc1-n1c2ccc(-c3nc4ccccc4nc3-c3ccccc3)cc2c2c3ccccc3c3c4c([nH]c3c21)=CCCC=4. The largest absolute Gasteiger partial charge is 0.353 e. The molecule has 3 aromatic heterocycles. The van der Waals surface area contributed by atoms with Gasteiger partial charge in [0.25, 0.3) is 0 Å². The minimum atomic E-state index is 0.888. The van der Waals surface area contributed by atoms with Gasteiger partial charge in [-0.25, -0.2) is 9.97 Å².